The Hall–Kier alpha value is -2.94. The molecule has 0 aliphatic carbocycles. The van der Waals surface area contributed by atoms with Crippen LogP contribution in [0.1, 0.15) is 28.3 Å². The van der Waals surface area contributed by atoms with E-state index in [4.69, 9.17) is 0 Å². The molecule has 3 heteroatoms. The fourth-order valence-corrected chi connectivity index (χ4v) is 2.85. The van der Waals surface area contributed by atoms with Gasteiger partial charge in [-0.05, 0) is 35.7 Å². The second-order valence-electron chi connectivity index (χ2n) is 6.13. The predicted octanol–water partition coefficient (Wildman–Crippen LogP) is 4.58. The molecule has 0 aliphatic rings. The Balaban J connectivity index is 1.82. The molecule has 3 rings (SSSR count). The van der Waals surface area contributed by atoms with Gasteiger partial charge in [0.2, 0.25) is 5.91 Å². The van der Waals surface area contributed by atoms with Crippen molar-refractivity contribution >= 4 is 5.91 Å². The number of nitrogens with one attached hydrogen (secondary N) is 1. The van der Waals surface area contributed by atoms with Crippen molar-refractivity contribution < 1.29 is 9.18 Å². The van der Waals surface area contributed by atoms with Crippen LogP contribution in [0.3, 0.4) is 0 Å². The van der Waals surface area contributed by atoms with E-state index in [2.05, 4.69) is 11.4 Å². The Morgan fingerprint density at radius 2 is 1.60 bits per heavy atom. The van der Waals surface area contributed by atoms with Crippen molar-refractivity contribution in [1.29, 1.82) is 0 Å². The fourth-order valence-electron chi connectivity index (χ4n) is 2.85. The maximum absolute atomic E-state index is 13.0. The first kappa shape index (κ1) is 16.9. The third-order valence-electron chi connectivity index (χ3n) is 4.09. The molecule has 0 heterocycles. The van der Waals surface area contributed by atoms with Gasteiger partial charge >= 0.3 is 0 Å². The molecule has 25 heavy (non-hydrogen) atoms. The van der Waals surface area contributed by atoms with Gasteiger partial charge in [-0.15, -0.1) is 0 Å². The second kappa shape index (κ2) is 7.75. The highest BCUT2D eigenvalue weighted by molar-refractivity contribution is 5.79. The molecule has 0 aromatic heterocycles. The third kappa shape index (κ3) is 4.54. The highest BCUT2D eigenvalue weighted by Crippen LogP contribution is 2.23. The first-order chi connectivity index (χ1) is 12.1. The van der Waals surface area contributed by atoms with Crippen LogP contribution in [0.4, 0.5) is 4.39 Å². The lowest BCUT2D eigenvalue weighted by Crippen LogP contribution is -2.30. The SMILES string of the molecule is Cc1cccc([C@H](NC(=O)Cc2ccc(F)cc2)c2ccccc2)c1. The summed E-state index contributed by atoms with van der Waals surface area (Å²) < 4.78 is 13.0. The molecule has 0 unspecified atom stereocenters. The Kier molecular flexibility index (Phi) is 5.24. The number of hydrogen-bond acceptors (Lipinski definition) is 1. The summed E-state index contributed by atoms with van der Waals surface area (Å²) in [4.78, 5) is 12.5. The molecule has 0 aliphatic heterocycles. The fraction of sp³-hybridized carbons (Fsp3) is 0.136. The zero-order valence-electron chi connectivity index (χ0n) is 14.1. The lowest BCUT2D eigenvalue weighted by Gasteiger charge is -2.20. The van der Waals surface area contributed by atoms with E-state index in [1.165, 1.54) is 12.1 Å². The zero-order chi connectivity index (χ0) is 17.6. The summed E-state index contributed by atoms with van der Waals surface area (Å²) >= 11 is 0. The van der Waals surface area contributed by atoms with Gasteiger partial charge in [-0.3, -0.25) is 4.79 Å². The van der Waals surface area contributed by atoms with Crippen LogP contribution in [0, 0.1) is 12.7 Å². The molecule has 0 fully saturated rings. The average molecular weight is 333 g/mol. The molecule has 0 bridgehead atoms. The van der Waals surface area contributed by atoms with Crippen LogP contribution in [0.5, 0.6) is 0 Å². The molecule has 1 atom stereocenters. The van der Waals surface area contributed by atoms with E-state index in [0.717, 1.165) is 22.3 Å². The van der Waals surface area contributed by atoms with Gasteiger partial charge in [0.25, 0.3) is 0 Å². The number of carbonyl (C=O) groups is 1. The molecule has 0 saturated carbocycles. The Labute approximate surface area is 147 Å². The molecule has 126 valence electrons. The standard InChI is InChI=1S/C22H20FNO/c1-16-6-5-9-19(14-16)22(18-7-3-2-4-8-18)24-21(25)15-17-10-12-20(23)13-11-17/h2-14,22H,15H2,1H3,(H,24,25)/t22-/m1/s1. The molecule has 3 aromatic rings. The van der Waals surface area contributed by atoms with E-state index in [0.29, 0.717) is 0 Å². The second-order valence-corrected chi connectivity index (χ2v) is 6.13. The number of rotatable bonds is 5. The van der Waals surface area contributed by atoms with Gasteiger partial charge in [-0.2, -0.15) is 0 Å². The lowest BCUT2D eigenvalue weighted by atomic mass is 9.97. The minimum atomic E-state index is -0.300. The summed E-state index contributed by atoms with van der Waals surface area (Å²) in [5.74, 6) is -0.395. The third-order valence-corrected chi connectivity index (χ3v) is 4.09. The highest BCUT2D eigenvalue weighted by Gasteiger charge is 2.17. The summed E-state index contributed by atoms with van der Waals surface area (Å²) in [6.07, 6.45) is 0.218. The number of benzene rings is 3. The normalized spacial score (nSPS) is 11.8. The molecule has 0 spiro atoms. The summed E-state index contributed by atoms with van der Waals surface area (Å²) in [7, 11) is 0. The van der Waals surface area contributed by atoms with Crippen molar-refractivity contribution in [3.8, 4) is 0 Å². The molecular formula is C22H20FNO. The van der Waals surface area contributed by atoms with E-state index < -0.39 is 0 Å². The van der Waals surface area contributed by atoms with Crippen molar-refractivity contribution in [1.82, 2.24) is 5.32 Å². The maximum atomic E-state index is 13.0. The van der Waals surface area contributed by atoms with Gasteiger partial charge < -0.3 is 5.32 Å². The van der Waals surface area contributed by atoms with Crippen LogP contribution >= 0.6 is 0 Å². The number of aryl methyl sites for hydroxylation is 1. The number of carbonyl (C=O) groups excluding carboxylic acids is 1. The van der Waals surface area contributed by atoms with E-state index in [9.17, 15) is 9.18 Å². The van der Waals surface area contributed by atoms with Crippen LogP contribution in [-0.2, 0) is 11.2 Å². The summed E-state index contributed by atoms with van der Waals surface area (Å²) in [6, 6.07) is 23.8. The average Bonchev–Trinajstić information content (AvgIpc) is 2.62. The zero-order valence-corrected chi connectivity index (χ0v) is 14.1. The van der Waals surface area contributed by atoms with E-state index >= 15 is 0 Å². The molecule has 3 aromatic carbocycles. The van der Waals surface area contributed by atoms with Crippen molar-refractivity contribution in [3.63, 3.8) is 0 Å². The summed E-state index contributed by atoms with van der Waals surface area (Å²) in [5.41, 5.74) is 4.00. The Bertz CT molecular complexity index is 843. The van der Waals surface area contributed by atoms with Crippen molar-refractivity contribution in [2.45, 2.75) is 19.4 Å². The van der Waals surface area contributed by atoms with E-state index in [1.54, 1.807) is 12.1 Å². The van der Waals surface area contributed by atoms with Gasteiger partial charge in [-0.1, -0.05) is 72.3 Å². The first-order valence-electron chi connectivity index (χ1n) is 8.27. The highest BCUT2D eigenvalue weighted by atomic mass is 19.1. The molecule has 2 nitrogen and oxygen atoms in total. The quantitative estimate of drug-likeness (QED) is 0.727. The molecule has 1 N–H and O–H groups in total. The van der Waals surface area contributed by atoms with E-state index in [1.807, 2.05) is 55.5 Å². The van der Waals surface area contributed by atoms with Crippen molar-refractivity contribution in [2.75, 3.05) is 0 Å². The van der Waals surface area contributed by atoms with E-state index in [-0.39, 0.29) is 24.2 Å². The lowest BCUT2D eigenvalue weighted by molar-refractivity contribution is -0.120. The minimum Gasteiger partial charge on any atom is -0.345 e. The van der Waals surface area contributed by atoms with Gasteiger partial charge in [0.1, 0.15) is 5.82 Å². The summed E-state index contributed by atoms with van der Waals surface area (Å²) in [5, 5.41) is 3.11. The molecule has 0 radical (unpaired) electrons. The number of hydrogen-bond donors (Lipinski definition) is 1. The first-order valence-corrected chi connectivity index (χ1v) is 8.27. The van der Waals surface area contributed by atoms with Crippen LogP contribution in [-0.4, -0.2) is 5.91 Å². The predicted molar refractivity (Wildman–Crippen MR) is 97.7 cm³/mol. The van der Waals surface area contributed by atoms with Gasteiger partial charge in [0.15, 0.2) is 0 Å². The van der Waals surface area contributed by atoms with Crippen LogP contribution in [0.15, 0.2) is 78.9 Å². The number of halogens is 1. The van der Waals surface area contributed by atoms with Gasteiger partial charge in [0, 0.05) is 0 Å². The Morgan fingerprint density at radius 1 is 0.920 bits per heavy atom. The molecule has 0 saturated heterocycles. The number of amides is 1. The van der Waals surface area contributed by atoms with Crippen molar-refractivity contribution in [3.05, 3.63) is 107 Å². The van der Waals surface area contributed by atoms with Crippen LogP contribution in [0.2, 0.25) is 0 Å². The maximum Gasteiger partial charge on any atom is 0.225 e. The van der Waals surface area contributed by atoms with Crippen molar-refractivity contribution in [2.24, 2.45) is 0 Å². The van der Waals surface area contributed by atoms with Gasteiger partial charge in [-0.25, -0.2) is 4.39 Å². The van der Waals surface area contributed by atoms with Crippen LogP contribution < -0.4 is 5.32 Å². The minimum absolute atomic E-state index is 0.0954. The smallest absolute Gasteiger partial charge is 0.225 e. The molecular weight excluding hydrogens is 313 g/mol. The largest absolute Gasteiger partial charge is 0.345 e. The van der Waals surface area contributed by atoms with Crippen LogP contribution in [0.25, 0.3) is 0 Å². The monoisotopic (exact) mass is 333 g/mol. The molecule has 1 amide bonds. The topological polar surface area (TPSA) is 29.1 Å². The Morgan fingerprint density at radius 3 is 2.28 bits per heavy atom. The van der Waals surface area contributed by atoms with Gasteiger partial charge in [0.05, 0.1) is 12.5 Å². The summed E-state index contributed by atoms with van der Waals surface area (Å²) in [6.45, 7) is 2.03.